The molecule has 20 heavy (non-hydrogen) atoms. The van der Waals surface area contributed by atoms with Crippen LogP contribution in [0.3, 0.4) is 0 Å². The van der Waals surface area contributed by atoms with E-state index >= 15 is 0 Å². The number of carboxylic acids is 1. The average Bonchev–Trinajstić information content (AvgIpc) is 2.73. The van der Waals surface area contributed by atoms with Gasteiger partial charge in [0.2, 0.25) is 0 Å². The first-order chi connectivity index (χ1) is 9.40. The molecule has 1 heterocycles. The molecule has 0 spiro atoms. The second-order valence-corrected chi connectivity index (χ2v) is 4.54. The summed E-state index contributed by atoms with van der Waals surface area (Å²) < 4.78 is 0. The Hall–Kier alpha value is -2.47. The Balaban J connectivity index is 2.28. The third kappa shape index (κ3) is 2.60. The lowest BCUT2D eigenvalue weighted by molar-refractivity contribution is 0.0697. The van der Waals surface area contributed by atoms with E-state index in [4.69, 9.17) is 16.7 Å². The summed E-state index contributed by atoms with van der Waals surface area (Å²) in [6.45, 7) is 1.59. The van der Waals surface area contributed by atoms with Gasteiger partial charge in [0.05, 0.1) is 10.7 Å². The summed E-state index contributed by atoms with van der Waals surface area (Å²) in [5.41, 5.74) is 0.826. The maximum Gasteiger partial charge on any atom is 0.339 e. The van der Waals surface area contributed by atoms with Crippen LogP contribution in [0.2, 0.25) is 5.02 Å². The number of anilines is 1. The number of H-pyrrole nitrogens is 1. The van der Waals surface area contributed by atoms with Crippen molar-refractivity contribution < 1.29 is 19.8 Å². The highest BCUT2D eigenvalue weighted by atomic mass is 35.5. The number of aryl methyl sites for hydroxylation is 1. The Kier molecular flexibility index (Phi) is 3.67. The van der Waals surface area contributed by atoms with Gasteiger partial charge in [-0.05, 0) is 25.1 Å². The van der Waals surface area contributed by atoms with Gasteiger partial charge in [0, 0.05) is 17.5 Å². The molecule has 0 aliphatic rings. The van der Waals surface area contributed by atoms with E-state index in [1.807, 2.05) is 0 Å². The molecule has 0 atom stereocenters. The van der Waals surface area contributed by atoms with Crippen LogP contribution in [0.4, 0.5) is 5.69 Å². The van der Waals surface area contributed by atoms with Crippen molar-refractivity contribution in [2.45, 2.75) is 6.92 Å². The molecule has 7 heteroatoms. The largest absolute Gasteiger partial charge is 0.506 e. The summed E-state index contributed by atoms with van der Waals surface area (Å²) in [6.07, 6.45) is 1.40. The number of aromatic nitrogens is 1. The van der Waals surface area contributed by atoms with Gasteiger partial charge in [0.1, 0.15) is 11.3 Å². The zero-order chi connectivity index (χ0) is 14.9. The molecule has 1 aromatic carbocycles. The molecule has 0 saturated carbocycles. The number of phenolic OH excluding ortho intramolecular Hbond substituents is 1. The van der Waals surface area contributed by atoms with Gasteiger partial charge in [-0.25, -0.2) is 4.79 Å². The zero-order valence-corrected chi connectivity index (χ0v) is 11.2. The van der Waals surface area contributed by atoms with Gasteiger partial charge < -0.3 is 20.5 Å². The number of phenols is 1. The number of aromatic carboxylic acids is 1. The molecule has 1 aromatic heterocycles. The predicted molar refractivity (Wildman–Crippen MR) is 73.6 cm³/mol. The Morgan fingerprint density at radius 3 is 2.65 bits per heavy atom. The van der Waals surface area contributed by atoms with Crippen LogP contribution in [0, 0.1) is 6.92 Å². The fourth-order valence-electron chi connectivity index (χ4n) is 1.74. The summed E-state index contributed by atoms with van der Waals surface area (Å²) in [6, 6.07) is 3.97. The van der Waals surface area contributed by atoms with Crippen molar-refractivity contribution in [3.05, 3.63) is 46.2 Å². The Morgan fingerprint density at radius 2 is 2.05 bits per heavy atom. The van der Waals surface area contributed by atoms with Crippen molar-refractivity contribution >= 4 is 29.2 Å². The van der Waals surface area contributed by atoms with E-state index < -0.39 is 11.9 Å². The van der Waals surface area contributed by atoms with Crippen LogP contribution in [-0.2, 0) is 0 Å². The zero-order valence-electron chi connectivity index (χ0n) is 10.4. The first-order valence-corrected chi connectivity index (χ1v) is 5.99. The smallest absolute Gasteiger partial charge is 0.339 e. The number of hydrogen-bond acceptors (Lipinski definition) is 3. The quantitative estimate of drug-likeness (QED) is 0.698. The number of amides is 1. The number of aromatic hydroxyl groups is 1. The van der Waals surface area contributed by atoms with Crippen LogP contribution >= 0.6 is 11.6 Å². The van der Waals surface area contributed by atoms with Crippen LogP contribution in [0.15, 0.2) is 24.4 Å². The minimum absolute atomic E-state index is 0.00299. The SMILES string of the molecule is Cc1[nH]cc(NC(=O)c2ccc(O)c(Cl)c2)c1C(=O)O. The van der Waals surface area contributed by atoms with Gasteiger partial charge >= 0.3 is 5.97 Å². The molecule has 0 aliphatic carbocycles. The predicted octanol–water partition coefficient (Wildman–Crippen LogP) is 2.63. The number of carbonyl (C=O) groups excluding carboxylic acids is 1. The van der Waals surface area contributed by atoms with Crippen molar-refractivity contribution in [3.63, 3.8) is 0 Å². The molecular weight excluding hydrogens is 284 g/mol. The lowest BCUT2D eigenvalue weighted by Crippen LogP contribution is -2.14. The van der Waals surface area contributed by atoms with E-state index in [9.17, 15) is 14.7 Å². The topological polar surface area (TPSA) is 102 Å². The van der Waals surface area contributed by atoms with Crippen LogP contribution in [0.1, 0.15) is 26.4 Å². The van der Waals surface area contributed by atoms with Crippen molar-refractivity contribution in [2.24, 2.45) is 0 Å². The second kappa shape index (κ2) is 5.26. The van der Waals surface area contributed by atoms with Gasteiger partial charge in [0.15, 0.2) is 0 Å². The van der Waals surface area contributed by atoms with E-state index in [1.165, 1.54) is 24.4 Å². The van der Waals surface area contributed by atoms with E-state index in [-0.39, 0.29) is 27.6 Å². The highest BCUT2D eigenvalue weighted by molar-refractivity contribution is 6.32. The summed E-state index contributed by atoms with van der Waals surface area (Å²) in [5.74, 6) is -1.79. The molecule has 2 aromatic rings. The van der Waals surface area contributed by atoms with E-state index in [0.29, 0.717) is 5.69 Å². The van der Waals surface area contributed by atoms with E-state index in [0.717, 1.165) is 0 Å². The van der Waals surface area contributed by atoms with E-state index in [1.54, 1.807) is 6.92 Å². The second-order valence-electron chi connectivity index (χ2n) is 4.13. The normalized spacial score (nSPS) is 10.3. The fraction of sp³-hybridized carbons (Fsp3) is 0.0769. The van der Waals surface area contributed by atoms with Crippen molar-refractivity contribution in [1.29, 1.82) is 0 Å². The summed E-state index contributed by atoms with van der Waals surface area (Å²) in [5, 5.41) is 20.9. The average molecular weight is 295 g/mol. The number of nitrogens with one attached hydrogen (secondary N) is 2. The van der Waals surface area contributed by atoms with E-state index in [2.05, 4.69) is 10.3 Å². The molecule has 4 N–H and O–H groups in total. The molecule has 0 unspecified atom stereocenters. The van der Waals surface area contributed by atoms with Gasteiger partial charge in [-0.3, -0.25) is 4.79 Å². The van der Waals surface area contributed by atoms with Crippen LogP contribution in [-0.4, -0.2) is 27.1 Å². The first-order valence-electron chi connectivity index (χ1n) is 5.61. The molecule has 0 fully saturated rings. The third-order valence-corrected chi connectivity index (χ3v) is 3.05. The van der Waals surface area contributed by atoms with Gasteiger partial charge in [0.25, 0.3) is 5.91 Å². The van der Waals surface area contributed by atoms with Crippen LogP contribution < -0.4 is 5.32 Å². The van der Waals surface area contributed by atoms with Gasteiger partial charge in [-0.15, -0.1) is 0 Å². The molecule has 0 aliphatic heterocycles. The van der Waals surface area contributed by atoms with Crippen LogP contribution in [0.5, 0.6) is 5.75 Å². The minimum atomic E-state index is -1.14. The van der Waals surface area contributed by atoms with Gasteiger partial charge in [-0.1, -0.05) is 11.6 Å². The van der Waals surface area contributed by atoms with Crippen molar-refractivity contribution in [1.82, 2.24) is 4.98 Å². The fourth-order valence-corrected chi connectivity index (χ4v) is 1.92. The highest BCUT2D eigenvalue weighted by Crippen LogP contribution is 2.25. The monoisotopic (exact) mass is 294 g/mol. The summed E-state index contributed by atoms with van der Waals surface area (Å²) in [7, 11) is 0. The minimum Gasteiger partial charge on any atom is -0.506 e. The Morgan fingerprint density at radius 1 is 1.35 bits per heavy atom. The lowest BCUT2D eigenvalue weighted by Gasteiger charge is -2.06. The molecule has 104 valence electrons. The van der Waals surface area contributed by atoms with Crippen LogP contribution in [0.25, 0.3) is 0 Å². The maximum absolute atomic E-state index is 12.0. The molecule has 6 nitrogen and oxygen atoms in total. The van der Waals surface area contributed by atoms with Crippen molar-refractivity contribution in [3.8, 4) is 5.75 Å². The number of aromatic amines is 1. The number of carboxylic acid groups (broad SMARTS) is 1. The maximum atomic E-state index is 12.0. The third-order valence-electron chi connectivity index (χ3n) is 2.75. The standard InChI is InChI=1S/C13H11ClN2O4/c1-6-11(13(19)20)9(5-15-6)16-12(18)7-2-3-10(17)8(14)4-7/h2-5,15,17H,1H3,(H,16,18)(H,19,20). The van der Waals surface area contributed by atoms with Crippen molar-refractivity contribution in [2.75, 3.05) is 5.32 Å². The molecule has 2 rings (SSSR count). The molecule has 0 saturated heterocycles. The number of benzene rings is 1. The summed E-state index contributed by atoms with van der Waals surface area (Å²) >= 11 is 5.72. The number of carbonyl (C=O) groups is 2. The highest BCUT2D eigenvalue weighted by Gasteiger charge is 2.18. The first kappa shape index (κ1) is 14.0. The number of halogens is 1. The number of rotatable bonds is 3. The van der Waals surface area contributed by atoms with Gasteiger partial charge in [-0.2, -0.15) is 0 Å². The molecular formula is C13H11ClN2O4. The lowest BCUT2D eigenvalue weighted by atomic mass is 10.2. The summed E-state index contributed by atoms with van der Waals surface area (Å²) in [4.78, 5) is 25.8. The molecule has 1 amide bonds. The Bertz CT molecular complexity index is 694. The molecule has 0 radical (unpaired) electrons. The number of hydrogen-bond donors (Lipinski definition) is 4. The molecule has 0 bridgehead atoms. The Labute approximate surface area is 119 Å².